The van der Waals surface area contributed by atoms with Crippen molar-refractivity contribution in [2.75, 3.05) is 52.5 Å². The van der Waals surface area contributed by atoms with E-state index in [2.05, 4.69) is 5.32 Å². The van der Waals surface area contributed by atoms with Gasteiger partial charge >= 0.3 is 0 Å². The fourth-order valence-electron chi connectivity index (χ4n) is 4.29. The quantitative estimate of drug-likeness (QED) is 0.792. The van der Waals surface area contributed by atoms with Crippen molar-refractivity contribution in [1.29, 1.82) is 0 Å². The Balaban J connectivity index is 1.70. The van der Waals surface area contributed by atoms with Gasteiger partial charge in [-0.15, -0.1) is 0 Å². The second-order valence-electron chi connectivity index (χ2n) is 8.04. The Kier molecular flexibility index (Phi) is 6.53. The Labute approximate surface area is 156 Å². The Morgan fingerprint density at radius 3 is 2.27 bits per heavy atom. The summed E-state index contributed by atoms with van der Waals surface area (Å²) in [7, 11) is 0. The zero-order valence-electron chi connectivity index (χ0n) is 16.2. The van der Waals surface area contributed by atoms with Crippen LogP contribution in [0.2, 0.25) is 0 Å². The summed E-state index contributed by atoms with van der Waals surface area (Å²) in [6, 6.07) is 0. The molecule has 7 nitrogen and oxygen atoms in total. The molecule has 26 heavy (non-hydrogen) atoms. The summed E-state index contributed by atoms with van der Waals surface area (Å²) in [5.74, 6) is 0.200. The monoisotopic (exact) mass is 367 g/mol. The molecule has 2 amide bonds. The summed E-state index contributed by atoms with van der Waals surface area (Å²) in [4.78, 5) is 30.2. The molecule has 3 unspecified atom stereocenters. The van der Waals surface area contributed by atoms with Gasteiger partial charge in [-0.1, -0.05) is 0 Å². The van der Waals surface area contributed by atoms with E-state index in [0.717, 1.165) is 32.4 Å². The van der Waals surface area contributed by atoms with Crippen LogP contribution < -0.4 is 5.32 Å². The average Bonchev–Trinajstić information content (AvgIpc) is 2.83. The lowest BCUT2D eigenvalue weighted by Gasteiger charge is -2.35. The molecule has 0 aromatic carbocycles. The van der Waals surface area contributed by atoms with Gasteiger partial charge in [-0.05, 0) is 39.7 Å². The van der Waals surface area contributed by atoms with Crippen LogP contribution in [0.3, 0.4) is 0 Å². The van der Waals surface area contributed by atoms with E-state index in [1.807, 2.05) is 23.6 Å². The maximum absolute atomic E-state index is 13.4. The maximum Gasteiger partial charge on any atom is 0.230 e. The molecule has 3 rings (SSSR count). The molecular weight excluding hydrogens is 334 g/mol. The van der Waals surface area contributed by atoms with E-state index in [1.165, 1.54) is 0 Å². The molecule has 0 saturated carbocycles. The lowest BCUT2D eigenvalue weighted by atomic mass is 9.81. The van der Waals surface area contributed by atoms with E-state index in [0.29, 0.717) is 39.4 Å². The Hall–Kier alpha value is -1.18. The van der Waals surface area contributed by atoms with Crippen molar-refractivity contribution in [1.82, 2.24) is 15.1 Å². The molecule has 7 heteroatoms. The van der Waals surface area contributed by atoms with Crippen molar-refractivity contribution in [3.63, 3.8) is 0 Å². The van der Waals surface area contributed by atoms with Gasteiger partial charge < -0.3 is 24.6 Å². The highest BCUT2D eigenvalue weighted by atomic mass is 16.5. The van der Waals surface area contributed by atoms with Crippen LogP contribution in [0.15, 0.2) is 0 Å². The van der Waals surface area contributed by atoms with Crippen LogP contribution >= 0.6 is 0 Å². The van der Waals surface area contributed by atoms with E-state index in [4.69, 9.17) is 9.47 Å². The number of nitrogens with zero attached hydrogens (tertiary/aromatic N) is 2. The molecule has 3 saturated heterocycles. The zero-order chi connectivity index (χ0) is 18.6. The molecule has 0 aromatic rings. The summed E-state index contributed by atoms with van der Waals surface area (Å²) in [5, 5.41) is 3.32. The number of rotatable bonds is 3. The number of ether oxygens (including phenoxy) is 2. The normalized spacial score (nSPS) is 33.6. The molecular formula is C19H33N3O4. The van der Waals surface area contributed by atoms with Crippen LogP contribution in [0.5, 0.6) is 0 Å². The molecule has 0 bridgehead atoms. The van der Waals surface area contributed by atoms with Gasteiger partial charge in [0.25, 0.3) is 0 Å². The molecule has 1 N–H and O–H groups in total. The zero-order valence-corrected chi connectivity index (χ0v) is 16.2. The minimum atomic E-state index is -0.614. The van der Waals surface area contributed by atoms with Gasteiger partial charge in [0.05, 0.1) is 17.6 Å². The number of hydrogen-bond acceptors (Lipinski definition) is 5. The minimum absolute atomic E-state index is 0.0483. The fraction of sp³-hybridized carbons (Fsp3) is 0.895. The van der Waals surface area contributed by atoms with E-state index < -0.39 is 5.41 Å². The van der Waals surface area contributed by atoms with Gasteiger partial charge in [0.2, 0.25) is 11.8 Å². The summed E-state index contributed by atoms with van der Waals surface area (Å²) in [5.41, 5.74) is -0.614. The first-order valence-corrected chi connectivity index (χ1v) is 10.0. The Bertz CT molecular complexity index is 507. The summed E-state index contributed by atoms with van der Waals surface area (Å²) in [6.07, 6.45) is 2.83. The standard InChI is InChI=1S/C19H33N3O4/c1-15-12-21(7-3-9-25-15)17(23)11-19(5-6-20-14-19)18(24)22-8-4-10-26-16(2)13-22/h15-16,20H,3-14H2,1-2H3. The molecule has 148 valence electrons. The number of hydrogen-bond donors (Lipinski definition) is 1. The lowest BCUT2D eigenvalue weighted by Crippen LogP contribution is -2.50. The molecule has 0 spiro atoms. The molecule has 3 aliphatic heterocycles. The second-order valence-corrected chi connectivity index (χ2v) is 8.04. The third-order valence-corrected chi connectivity index (χ3v) is 5.73. The topological polar surface area (TPSA) is 71.1 Å². The van der Waals surface area contributed by atoms with Crippen LogP contribution in [0.25, 0.3) is 0 Å². The molecule has 0 aromatic heterocycles. The number of carbonyl (C=O) groups is 2. The van der Waals surface area contributed by atoms with Crippen molar-refractivity contribution in [2.45, 2.75) is 51.7 Å². The molecule has 3 heterocycles. The van der Waals surface area contributed by atoms with Crippen LogP contribution in [0, 0.1) is 5.41 Å². The van der Waals surface area contributed by atoms with E-state index in [1.54, 1.807) is 0 Å². The molecule has 0 aliphatic carbocycles. The molecule has 0 radical (unpaired) electrons. The number of carbonyl (C=O) groups excluding carboxylic acids is 2. The number of nitrogens with one attached hydrogen (secondary N) is 1. The SMILES string of the molecule is CC1CN(C(=O)CC2(C(=O)N3CCCOC(C)C3)CCNC2)CCCO1. The molecule has 3 atom stereocenters. The van der Waals surface area contributed by atoms with Crippen molar-refractivity contribution in [2.24, 2.45) is 5.41 Å². The fourth-order valence-corrected chi connectivity index (χ4v) is 4.29. The highest BCUT2D eigenvalue weighted by molar-refractivity contribution is 5.89. The van der Waals surface area contributed by atoms with Gasteiger partial charge in [-0.25, -0.2) is 0 Å². The summed E-state index contributed by atoms with van der Waals surface area (Å²) in [6.45, 7) is 9.44. The smallest absolute Gasteiger partial charge is 0.230 e. The highest BCUT2D eigenvalue weighted by Crippen LogP contribution is 2.34. The lowest BCUT2D eigenvalue weighted by molar-refractivity contribution is -0.148. The predicted molar refractivity (Wildman–Crippen MR) is 97.8 cm³/mol. The van der Waals surface area contributed by atoms with Crippen molar-refractivity contribution >= 4 is 11.8 Å². The van der Waals surface area contributed by atoms with Crippen molar-refractivity contribution < 1.29 is 19.1 Å². The van der Waals surface area contributed by atoms with Gasteiger partial charge in [0.1, 0.15) is 0 Å². The molecule has 3 aliphatic rings. The summed E-state index contributed by atoms with van der Waals surface area (Å²) >= 11 is 0. The largest absolute Gasteiger partial charge is 0.377 e. The van der Waals surface area contributed by atoms with E-state index >= 15 is 0 Å². The first kappa shape index (κ1) is 19.6. The van der Waals surface area contributed by atoms with Gasteiger partial charge in [-0.2, -0.15) is 0 Å². The van der Waals surface area contributed by atoms with Crippen LogP contribution in [-0.4, -0.2) is 86.3 Å². The second kappa shape index (κ2) is 8.67. The summed E-state index contributed by atoms with van der Waals surface area (Å²) < 4.78 is 11.3. The maximum atomic E-state index is 13.4. The Morgan fingerprint density at radius 2 is 1.65 bits per heavy atom. The Morgan fingerprint density at radius 1 is 1.04 bits per heavy atom. The first-order valence-electron chi connectivity index (χ1n) is 10.0. The third-order valence-electron chi connectivity index (χ3n) is 5.73. The van der Waals surface area contributed by atoms with Crippen LogP contribution in [0.1, 0.15) is 39.5 Å². The minimum Gasteiger partial charge on any atom is -0.377 e. The van der Waals surface area contributed by atoms with Crippen LogP contribution in [0.4, 0.5) is 0 Å². The van der Waals surface area contributed by atoms with Gasteiger partial charge in [0, 0.05) is 52.4 Å². The van der Waals surface area contributed by atoms with E-state index in [9.17, 15) is 9.59 Å². The molecule has 3 fully saturated rings. The highest BCUT2D eigenvalue weighted by Gasteiger charge is 2.46. The average molecular weight is 367 g/mol. The van der Waals surface area contributed by atoms with Gasteiger partial charge in [0.15, 0.2) is 0 Å². The number of amides is 2. The predicted octanol–water partition coefficient (Wildman–Crippen LogP) is 0.631. The van der Waals surface area contributed by atoms with Crippen LogP contribution in [-0.2, 0) is 19.1 Å². The van der Waals surface area contributed by atoms with E-state index in [-0.39, 0.29) is 30.4 Å². The first-order chi connectivity index (χ1) is 12.5. The van der Waals surface area contributed by atoms with Crippen molar-refractivity contribution in [3.8, 4) is 0 Å². The van der Waals surface area contributed by atoms with Gasteiger partial charge in [-0.3, -0.25) is 9.59 Å². The van der Waals surface area contributed by atoms with Crippen molar-refractivity contribution in [3.05, 3.63) is 0 Å². The third kappa shape index (κ3) is 4.56.